The molecule has 3 rings (SSSR count). The predicted molar refractivity (Wildman–Crippen MR) is 84.1 cm³/mol. The van der Waals surface area contributed by atoms with Gasteiger partial charge in [-0.05, 0) is 22.4 Å². The minimum atomic E-state index is -0.0267. The maximum atomic E-state index is 12.0. The van der Waals surface area contributed by atoms with Gasteiger partial charge in [-0.2, -0.15) is 16.4 Å². The fraction of sp³-hybridized carbons (Fsp3) is 0.200. The molecule has 22 heavy (non-hydrogen) atoms. The Morgan fingerprint density at radius 2 is 2.23 bits per heavy atom. The van der Waals surface area contributed by atoms with E-state index in [4.69, 9.17) is 0 Å². The lowest BCUT2D eigenvalue weighted by atomic mass is 10.2. The summed E-state index contributed by atoms with van der Waals surface area (Å²) in [6, 6.07) is 1.95. The standard InChI is InChI=1S/C15H15N5OS/c1-20-9-12(7-19-20)15-13(16-3-4-17-15)8-18-14(21)6-11-2-5-22-10-11/h2-5,7,9-10H,6,8H2,1H3,(H,18,21). The van der Waals surface area contributed by atoms with Gasteiger partial charge >= 0.3 is 0 Å². The number of thiophene rings is 1. The van der Waals surface area contributed by atoms with Gasteiger partial charge in [0.15, 0.2) is 0 Å². The highest BCUT2D eigenvalue weighted by Gasteiger charge is 2.11. The van der Waals surface area contributed by atoms with Crippen molar-refractivity contribution in [3.8, 4) is 11.3 Å². The molecule has 0 unspecified atom stereocenters. The third-order valence-electron chi connectivity index (χ3n) is 3.15. The van der Waals surface area contributed by atoms with Crippen LogP contribution in [-0.4, -0.2) is 25.7 Å². The van der Waals surface area contributed by atoms with E-state index in [1.54, 1.807) is 34.6 Å². The van der Waals surface area contributed by atoms with E-state index in [-0.39, 0.29) is 5.91 Å². The molecule has 1 N–H and O–H groups in total. The molecule has 0 aromatic carbocycles. The van der Waals surface area contributed by atoms with Crippen LogP contribution in [0.25, 0.3) is 11.3 Å². The number of nitrogens with zero attached hydrogens (tertiary/aromatic N) is 4. The van der Waals surface area contributed by atoms with Crippen LogP contribution < -0.4 is 5.32 Å². The molecule has 3 aromatic heterocycles. The number of hydrogen-bond donors (Lipinski definition) is 1. The Balaban J connectivity index is 1.69. The van der Waals surface area contributed by atoms with Gasteiger partial charge in [-0.3, -0.25) is 19.4 Å². The van der Waals surface area contributed by atoms with E-state index in [1.165, 1.54) is 0 Å². The fourth-order valence-corrected chi connectivity index (χ4v) is 2.77. The maximum Gasteiger partial charge on any atom is 0.224 e. The lowest BCUT2D eigenvalue weighted by molar-refractivity contribution is -0.120. The monoisotopic (exact) mass is 313 g/mol. The molecule has 7 heteroatoms. The zero-order valence-electron chi connectivity index (χ0n) is 12.1. The van der Waals surface area contributed by atoms with Gasteiger partial charge in [0.1, 0.15) is 0 Å². The first-order valence-electron chi connectivity index (χ1n) is 6.79. The van der Waals surface area contributed by atoms with E-state index >= 15 is 0 Å². The molecular formula is C15H15N5OS. The minimum absolute atomic E-state index is 0.0267. The quantitative estimate of drug-likeness (QED) is 0.779. The van der Waals surface area contributed by atoms with Crippen molar-refractivity contribution in [2.75, 3.05) is 0 Å². The predicted octanol–water partition coefficient (Wildman–Crippen LogP) is 1.80. The summed E-state index contributed by atoms with van der Waals surface area (Å²) >= 11 is 1.59. The second-order valence-electron chi connectivity index (χ2n) is 4.84. The Kier molecular flexibility index (Phi) is 4.24. The average molecular weight is 313 g/mol. The number of aryl methyl sites for hydroxylation is 1. The number of carbonyl (C=O) groups excluding carboxylic acids is 1. The Labute approximate surface area is 131 Å². The van der Waals surface area contributed by atoms with Gasteiger partial charge in [0.2, 0.25) is 5.91 Å². The summed E-state index contributed by atoms with van der Waals surface area (Å²) < 4.78 is 1.71. The average Bonchev–Trinajstić information content (AvgIpc) is 3.17. The molecule has 3 heterocycles. The van der Waals surface area contributed by atoms with Crippen LogP contribution in [-0.2, 0) is 24.8 Å². The summed E-state index contributed by atoms with van der Waals surface area (Å²) in [7, 11) is 1.85. The zero-order chi connectivity index (χ0) is 15.4. The van der Waals surface area contributed by atoms with Gasteiger partial charge in [-0.1, -0.05) is 0 Å². The van der Waals surface area contributed by atoms with Crippen molar-refractivity contribution in [3.05, 3.63) is 52.9 Å². The van der Waals surface area contributed by atoms with Crippen LogP contribution in [0.15, 0.2) is 41.6 Å². The molecule has 0 bridgehead atoms. The highest BCUT2D eigenvalue weighted by Crippen LogP contribution is 2.18. The first-order chi connectivity index (χ1) is 10.7. The Bertz CT molecular complexity index is 766. The Hall–Kier alpha value is -2.54. The summed E-state index contributed by atoms with van der Waals surface area (Å²) in [6.45, 7) is 0.348. The zero-order valence-corrected chi connectivity index (χ0v) is 12.9. The largest absolute Gasteiger partial charge is 0.350 e. The van der Waals surface area contributed by atoms with Crippen LogP contribution in [0.4, 0.5) is 0 Å². The molecule has 112 valence electrons. The van der Waals surface area contributed by atoms with Gasteiger partial charge < -0.3 is 5.32 Å². The second kappa shape index (κ2) is 6.48. The van der Waals surface area contributed by atoms with E-state index in [1.807, 2.05) is 30.1 Å². The topological polar surface area (TPSA) is 72.7 Å². The first kappa shape index (κ1) is 14.4. The minimum Gasteiger partial charge on any atom is -0.350 e. The van der Waals surface area contributed by atoms with Gasteiger partial charge in [0.05, 0.1) is 30.6 Å². The third kappa shape index (κ3) is 3.37. The smallest absolute Gasteiger partial charge is 0.224 e. The van der Waals surface area contributed by atoms with Crippen LogP contribution in [0.5, 0.6) is 0 Å². The molecule has 0 saturated heterocycles. The van der Waals surface area contributed by atoms with Crippen molar-refractivity contribution in [2.45, 2.75) is 13.0 Å². The van der Waals surface area contributed by atoms with Crippen LogP contribution in [0, 0.1) is 0 Å². The van der Waals surface area contributed by atoms with Crippen molar-refractivity contribution in [3.63, 3.8) is 0 Å². The molecule has 0 aliphatic rings. The first-order valence-corrected chi connectivity index (χ1v) is 7.73. The fourth-order valence-electron chi connectivity index (χ4n) is 2.10. The molecule has 1 amide bonds. The molecule has 0 saturated carbocycles. The lowest BCUT2D eigenvalue weighted by Gasteiger charge is -2.07. The van der Waals surface area contributed by atoms with E-state index < -0.39 is 0 Å². The molecule has 0 aliphatic carbocycles. The molecule has 0 spiro atoms. The Morgan fingerprint density at radius 1 is 1.36 bits per heavy atom. The van der Waals surface area contributed by atoms with Crippen molar-refractivity contribution in [1.29, 1.82) is 0 Å². The summed E-state index contributed by atoms with van der Waals surface area (Å²) in [5.74, 6) is -0.0267. The molecule has 6 nitrogen and oxygen atoms in total. The second-order valence-corrected chi connectivity index (χ2v) is 5.62. The van der Waals surface area contributed by atoms with Crippen LogP contribution in [0.3, 0.4) is 0 Å². The third-order valence-corrected chi connectivity index (χ3v) is 3.88. The summed E-state index contributed by atoms with van der Waals surface area (Å²) in [6.07, 6.45) is 7.26. The molecule has 0 atom stereocenters. The molecule has 3 aromatic rings. The normalized spacial score (nSPS) is 10.6. The number of aromatic nitrogens is 4. The van der Waals surface area contributed by atoms with Crippen molar-refractivity contribution in [2.24, 2.45) is 7.05 Å². The van der Waals surface area contributed by atoms with Crippen LogP contribution >= 0.6 is 11.3 Å². The SMILES string of the molecule is Cn1cc(-c2nccnc2CNC(=O)Cc2ccsc2)cn1. The van der Waals surface area contributed by atoms with E-state index in [0.717, 1.165) is 22.5 Å². The maximum absolute atomic E-state index is 12.0. The highest BCUT2D eigenvalue weighted by atomic mass is 32.1. The van der Waals surface area contributed by atoms with Crippen LogP contribution in [0.2, 0.25) is 0 Å². The molecule has 0 fully saturated rings. The molecule has 0 radical (unpaired) electrons. The summed E-state index contributed by atoms with van der Waals surface area (Å²) in [5, 5.41) is 11.0. The van der Waals surface area contributed by atoms with Crippen molar-refractivity contribution < 1.29 is 4.79 Å². The number of amides is 1. The van der Waals surface area contributed by atoms with Crippen molar-refractivity contribution in [1.82, 2.24) is 25.1 Å². The van der Waals surface area contributed by atoms with Gasteiger partial charge in [-0.15, -0.1) is 0 Å². The number of nitrogens with one attached hydrogen (secondary N) is 1. The number of carbonyl (C=O) groups is 1. The van der Waals surface area contributed by atoms with Gasteiger partial charge in [-0.25, -0.2) is 0 Å². The van der Waals surface area contributed by atoms with E-state index in [9.17, 15) is 4.79 Å². The molecule has 0 aliphatic heterocycles. The summed E-state index contributed by atoms with van der Waals surface area (Å²) in [5.41, 5.74) is 3.38. The van der Waals surface area contributed by atoms with E-state index in [2.05, 4.69) is 20.4 Å². The number of rotatable bonds is 5. The van der Waals surface area contributed by atoms with E-state index in [0.29, 0.717) is 13.0 Å². The number of hydrogen-bond acceptors (Lipinski definition) is 5. The highest BCUT2D eigenvalue weighted by molar-refractivity contribution is 7.07. The van der Waals surface area contributed by atoms with Gasteiger partial charge in [0.25, 0.3) is 0 Å². The Morgan fingerprint density at radius 3 is 2.95 bits per heavy atom. The van der Waals surface area contributed by atoms with Crippen LogP contribution in [0.1, 0.15) is 11.3 Å². The van der Waals surface area contributed by atoms with Gasteiger partial charge in [0, 0.05) is 31.2 Å². The molecular weight excluding hydrogens is 298 g/mol. The van der Waals surface area contributed by atoms with Crippen molar-refractivity contribution >= 4 is 17.2 Å². The summed E-state index contributed by atoms with van der Waals surface area (Å²) in [4.78, 5) is 20.6. The lowest BCUT2D eigenvalue weighted by Crippen LogP contribution is -2.25.